The zero-order chi connectivity index (χ0) is 16.8. The molecule has 0 aliphatic heterocycles. The fourth-order valence-electron chi connectivity index (χ4n) is 2.16. The molecule has 0 saturated heterocycles. The molecule has 0 heterocycles. The van der Waals surface area contributed by atoms with E-state index < -0.39 is 7.82 Å². The molecule has 0 aromatic heterocycles. The molecule has 5 nitrogen and oxygen atoms in total. The van der Waals surface area contributed by atoms with Gasteiger partial charge < -0.3 is 9.69 Å². The molecule has 23 heavy (non-hydrogen) atoms. The van der Waals surface area contributed by atoms with Gasteiger partial charge in [0, 0.05) is 6.42 Å². The summed E-state index contributed by atoms with van der Waals surface area (Å²) >= 11 is 0. The van der Waals surface area contributed by atoms with E-state index in [-0.39, 0.29) is 13.2 Å². The summed E-state index contributed by atoms with van der Waals surface area (Å²) < 4.78 is 21.4. The fourth-order valence-corrected chi connectivity index (χ4v) is 2.95. The van der Waals surface area contributed by atoms with Crippen LogP contribution in [0.2, 0.25) is 0 Å². The Morgan fingerprint density at radius 1 is 0.913 bits per heavy atom. The van der Waals surface area contributed by atoms with Crippen molar-refractivity contribution in [3.8, 4) is 0 Å². The second-order valence-corrected chi connectivity index (χ2v) is 6.90. The third kappa shape index (κ3) is 11.2. The van der Waals surface area contributed by atoms with Crippen molar-refractivity contribution in [2.24, 2.45) is 0 Å². The minimum atomic E-state index is -3.92. The molecule has 130 valence electrons. The molecule has 1 aromatic carbocycles. The highest BCUT2D eigenvalue weighted by Crippen LogP contribution is 2.43. The number of rotatable bonds is 14. The first kappa shape index (κ1) is 20.0. The predicted octanol–water partition coefficient (Wildman–Crippen LogP) is 4.29. The fraction of sp³-hybridized carbons (Fsp3) is 0.588. The van der Waals surface area contributed by atoms with Crippen LogP contribution >= 0.6 is 7.82 Å². The molecular weight excluding hydrogens is 315 g/mol. The molecule has 6 heteroatoms. The van der Waals surface area contributed by atoms with Crippen LogP contribution < -0.4 is 0 Å². The molecule has 0 aliphatic carbocycles. The molecule has 0 amide bonds. The second-order valence-electron chi connectivity index (χ2n) is 5.45. The standard InChI is InChI=1S/C17H27O5P/c18-14-8-1-2-9-15-21-23(19,20)22-16-10-4-7-13-17-11-5-3-6-12-17/h3,5-6,11-12,14H,1-2,4,7-10,13,15-16H2,(H,19,20). The third-order valence-corrected chi connectivity index (χ3v) is 4.45. The van der Waals surface area contributed by atoms with E-state index in [1.165, 1.54) is 5.56 Å². The Balaban J connectivity index is 1.98. The second kappa shape index (κ2) is 12.4. The summed E-state index contributed by atoms with van der Waals surface area (Å²) in [5.74, 6) is 0. The van der Waals surface area contributed by atoms with Crippen molar-refractivity contribution < 1.29 is 23.3 Å². The van der Waals surface area contributed by atoms with Gasteiger partial charge in [-0.15, -0.1) is 0 Å². The van der Waals surface area contributed by atoms with Crippen LogP contribution in [0, 0.1) is 0 Å². The van der Waals surface area contributed by atoms with E-state index >= 15 is 0 Å². The number of phosphoric acid groups is 1. The maximum Gasteiger partial charge on any atom is 0.472 e. The lowest BCUT2D eigenvalue weighted by molar-refractivity contribution is -0.107. The molecule has 1 aromatic rings. The van der Waals surface area contributed by atoms with Crippen molar-refractivity contribution in [2.45, 2.75) is 51.4 Å². The van der Waals surface area contributed by atoms with Gasteiger partial charge in [0.2, 0.25) is 0 Å². The van der Waals surface area contributed by atoms with Crippen molar-refractivity contribution in [2.75, 3.05) is 13.2 Å². The van der Waals surface area contributed by atoms with Crippen LogP contribution in [0.1, 0.15) is 50.5 Å². The van der Waals surface area contributed by atoms with E-state index in [2.05, 4.69) is 12.1 Å². The molecule has 1 unspecified atom stereocenters. The van der Waals surface area contributed by atoms with Gasteiger partial charge in [-0.05, 0) is 37.7 Å². The molecule has 0 aliphatic rings. The SMILES string of the molecule is O=CCCCCCOP(=O)(O)OCCCCCc1ccccc1. The Labute approximate surface area is 138 Å². The normalized spacial score (nSPS) is 13.6. The summed E-state index contributed by atoms with van der Waals surface area (Å²) in [6.07, 6.45) is 7.35. The molecule has 1 rings (SSSR count). The van der Waals surface area contributed by atoms with Gasteiger partial charge in [0.1, 0.15) is 6.29 Å². The van der Waals surface area contributed by atoms with E-state index in [4.69, 9.17) is 9.05 Å². The zero-order valence-electron chi connectivity index (χ0n) is 13.6. The maximum absolute atomic E-state index is 11.6. The first-order valence-electron chi connectivity index (χ1n) is 8.23. The number of hydrogen-bond acceptors (Lipinski definition) is 4. The molecule has 0 radical (unpaired) electrons. The first-order chi connectivity index (χ1) is 11.1. The molecule has 0 bridgehead atoms. The van der Waals surface area contributed by atoms with Gasteiger partial charge in [0.25, 0.3) is 0 Å². The molecule has 0 fully saturated rings. The summed E-state index contributed by atoms with van der Waals surface area (Å²) in [7, 11) is -3.92. The monoisotopic (exact) mass is 342 g/mol. The summed E-state index contributed by atoms with van der Waals surface area (Å²) in [5, 5.41) is 0. The lowest BCUT2D eigenvalue weighted by Gasteiger charge is -2.12. The molecule has 0 saturated carbocycles. The van der Waals surface area contributed by atoms with Crippen LogP contribution in [-0.4, -0.2) is 24.4 Å². The van der Waals surface area contributed by atoms with Crippen molar-refractivity contribution in [3.63, 3.8) is 0 Å². The summed E-state index contributed by atoms with van der Waals surface area (Å²) in [6, 6.07) is 10.2. The van der Waals surface area contributed by atoms with Gasteiger partial charge in [0.15, 0.2) is 0 Å². The van der Waals surface area contributed by atoms with Gasteiger partial charge in [0.05, 0.1) is 13.2 Å². The molecule has 1 N–H and O–H groups in total. The number of benzene rings is 1. The number of aldehydes is 1. The minimum absolute atomic E-state index is 0.181. The number of unbranched alkanes of at least 4 members (excludes halogenated alkanes) is 5. The minimum Gasteiger partial charge on any atom is -0.303 e. The van der Waals surface area contributed by atoms with Crippen LogP contribution in [0.3, 0.4) is 0 Å². The average molecular weight is 342 g/mol. The van der Waals surface area contributed by atoms with Crippen molar-refractivity contribution >= 4 is 14.1 Å². The average Bonchev–Trinajstić information content (AvgIpc) is 2.55. The quantitative estimate of drug-likeness (QED) is 0.310. The van der Waals surface area contributed by atoms with E-state index in [1.54, 1.807) is 0 Å². The third-order valence-electron chi connectivity index (χ3n) is 3.43. The Morgan fingerprint density at radius 2 is 1.52 bits per heavy atom. The highest BCUT2D eigenvalue weighted by molar-refractivity contribution is 7.47. The van der Waals surface area contributed by atoms with Gasteiger partial charge in [-0.1, -0.05) is 43.2 Å². The number of carbonyl (C=O) groups is 1. The smallest absolute Gasteiger partial charge is 0.303 e. The number of hydrogen-bond donors (Lipinski definition) is 1. The largest absolute Gasteiger partial charge is 0.472 e. The van der Waals surface area contributed by atoms with Gasteiger partial charge in [-0.2, -0.15) is 0 Å². The summed E-state index contributed by atoms with van der Waals surface area (Å²) in [4.78, 5) is 19.6. The van der Waals surface area contributed by atoms with E-state index in [1.807, 2.05) is 18.2 Å². The Morgan fingerprint density at radius 3 is 2.13 bits per heavy atom. The zero-order valence-corrected chi connectivity index (χ0v) is 14.5. The first-order valence-corrected chi connectivity index (χ1v) is 9.73. The molecular formula is C17H27O5P. The molecule has 1 atom stereocenters. The van der Waals surface area contributed by atoms with Crippen LogP contribution in [-0.2, 0) is 24.8 Å². The van der Waals surface area contributed by atoms with Crippen molar-refractivity contribution in [1.82, 2.24) is 0 Å². The van der Waals surface area contributed by atoms with Gasteiger partial charge >= 0.3 is 7.82 Å². The summed E-state index contributed by atoms with van der Waals surface area (Å²) in [6.45, 7) is 0.411. The highest BCUT2D eigenvalue weighted by Gasteiger charge is 2.19. The lowest BCUT2D eigenvalue weighted by Crippen LogP contribution is -1.99. The topological polar surface area (TPSA) is 72.8 Å². The Hall–Kier alpha value is -1.00. The van der Waals surface area contributed by atoms with E-state index in [0.717, 1.165) is 44.8 Å². The Bertz CT molecular complexity index is 463. The van der Waals surface area contributed by atoms with Crippen LogP contribution in [0.5, 0.6) is 0 Å². The van der Waals surface area contributed by atoms with Crippen molar-refractivity contribution in [1.29, 1.82) is 0 Å². The van der Waals surface area contributed by atoms with E-state index in [0.29, 0.717) is 12.8 Å². The molecule has 0 spiro atoms. The number of carbonyl (C=O) groups excluding carboxylic acids is 1. The van der Waals surface area contributed by atoms with Crippen molar-refractivity contribution in [3.05, 3.63) is 35.9 Å². The van der Waals surface area contributed by atoms with Gasteiger partial charge in [-0.25, -0.2) is 4.57 Å². The van der Waals surface area contributed by atoms with E-state index in [9.17, 15) is 14.3 Å². The van der Waals surface area contributed by atoms with Crippen LogP contribution in [0.25, 0.3) is 0 Å². The predicted molar refractivity (Wildman–Crippen MR) is 90.3 cm³/mol. The van der Waals surface area contributed by atoms with Crippen LogP contribution in [0.15, 0.2) is 30.3 Å². The van der Waals surface area contributed by atoms with Crippen LogP contribution in [0.4, 0.5) is 0 Å². The lowest BCUT2D eigenvalue weighted by atomic mass is 10.1. The maximum atomic E-state index is 11.6. The number of aryl methyl sites for hydroxylation is 1. The number of phosphoric ester groups is 1. The summed E-state index contributed by atoms with van der Waals surface area (Å²) in [5.41, 5.74) is 1.30. The Kier molecular flexibility index (Phi) is 10.8. The van der Waals surface area contributed by atoms with Gasteiger partial charge in [-0.3, -0.25) is 9.05 Å². The highest BCUT2D eigenvalue weighted by atomic mass is 31.2.